The van der Waals surface area contributed by atoms with E-state index in [1.807, 2.05) is 0 Å². The lowest BCUT2D eigenvalue weighted by molar-refractivity contribution is 0.158. The minimum atomic E-state index is -0.231. The van der Waals surface area contributed by atoms with Crippen molar-refractivity contribution in [2.75, 3.05) is 0 Å². The van der Waals surface area contributed by atoms with Gasteiger partial charge in [-0.3, -0.25) is 0 Å². The van der Waals surface area contributed by atoms with Crippen LogP contribution >= 0.6 is 0 Å². The molecule has 3 N–H and O–H groups in total. The number of hydrogen-bond donors (Lipinski definition) is 2. The maximum Gasteiger partial charge on any atom is 0.0693 e. The van der Waals surface area contributed by atoms with Crippen molar-refractivity contribution in [3.63, 3.8) is 0 Å². The van der Waals surface area contributed by atoms with Gasteiger partial charge < -0.3 is 10.8 Å². The molecule has 0 heterocycles. The number of aliphatic hydroxyl groups is 1. The van der Waals surface area contributed by atoms with Crippen LogP contribution in [-0.2, 0) is 0 Å². The van der Waals surface area contributed by atoms with Crippen molar-refractivity contribution in [1.82, 2.24) is 0 Å². The van der Waals surface area contributed by atoms with Crippen molar-refractivity contribution in [3.05, 3.63) is 0 Å². The normalized spacial score (nSPS) is 47.6. The van der Waals surface area contributed by atoms with Crippen LogP contribution in [0.3, 0.4) is 0 Å². The molecule has 1 saturated carbocycles. The summed E-state index contributed by atoms with van der Waals surface area (Å²) in [5.74, 6) is 0.519. The molecule has 0 bridgehead atoms. The second-order valence-electron chi connectivity index (χ2n) is 2.70. The maximum atomic E-state index is 9.04. The minimum absolute atomic E-state index is 0.0370. The third-order valence-electron chi connectivity index (χ3n) is 2.02. The predicted molar refractivity (Wildman–Crippen MR) is 32.4 cm³/mol. The van der Waals surface area contributed by atoms with E-state index in [1.165, 1.54) is 0 Å². The molecule has 1 aliphatic rings. The second-order valence-corrected chi connectivity index (χ2v) is 2.70. The van der Waals surface area contributed by atoms with Gasteiger partial charge in [0.15, 0.2) is 0 Å². The summed E-state index contributed by atoms with van der Waals surface area (Å²) >= 11 is 0. The number of nitrogens with two attached hydrogens (primary N) is 1. The van der Waals surface area contributed by atoms with Gasteiger partial charge in [0, 0.05) is 6.04 Å². The molecule has 1 aliphatic carbocycles. The zero-order valence-corrected chi connectivity index (χ0v) is 5.17. The number of aliphatic hydroxyl groups excluding tert-OH is 1. The molecular formula is C6H13NO. The highest BCUT2D eigenvalue weighted by Crippen LogP contribution is 2.23. The average Bonchev–Trinajstić information content (AvgIpc) is 1.98. The highest BCUT2D eigenvalue weighted by Gasteiger charge is 2.27. The predicted octanol–water partition coefficient (Wildman–Crippen LogP) is 0.104. The fourth-order valence-electron chi connectivity index (χ4n) is 1.20. The average molecular weight is 115 g/mol. The SMILES string of the molecule is C[C@@H]1CC[C@@H](O)[C@@H]1N. The van der Waals surface area contributed by atoms with Crippen molar-refractivity contribution in [2.24, 2.45) is 11.7 Å². The van der Waals surface area contributed by atoms with Gasteiger partial charge in [-0.15, -0.1) is 0 Å². The lowest BCUT2D eigenvalue weighted by Gasteiger charge is -2.11. The Bertz CT molecular complexity index is 74.6. The lowest BCUT2D eigenvalue weighted by Crippen LogP contribution is -2.33. The molecule has 0 spiro atoms. The summed E-state index contributed by atoms with van der Waals surface area (Å²) in [6, 6.07) is 0.0370. The smallest absolute Gasteiger partial charge is 0.0693 e. The third kappa shape index (κ3) is 0.858. The summed E-state index contributed by atoms with van der Waals surface area (Å²) in [5.41, 5.74) is 5.57. The Labute approximate surface area is 49.7 Å². The molecule has 0 aromatic rings. The summed E-state index contributed by atoms with van der Waals surface area (Å²) in [5, 5.41) is 9.04. The molecule has 2 nitrogen and oxygen atoms in total. The van der Waals surface area contributed by atoms with E-state index >= 15 is 0 Å². The van der Waals surface area contributed by atoms with E-state index in [9.17, 15) is 0 Å². The second kappa shape index (κ2) is 2.03. The molecule has 0 radical (unpaired) electrons. The van der Waals surface area contributed by atoms with Gasteiger partial charge in [0.25, 0.3) is 0 Å². The number of hydrogen-bond acceptors (Lipinski definition) is 2. The zero-order chi connectivity index (χ0) is 6.15. The first-order chi connectivity index (χ1) is 3.72. The molecule has 0 saturated heterocycles. The number of rotatable bonds is 0. The van der Waals surface area contributed by atoms with Gasteiger partial charge in [0.05, 0.1) is 6.10 Å². The van der Waals surface area contributed by atoms with Gasteiger partial charge in [-0.2, -0.15) is 0 Å². The maximum absolute atomic E-state index is 9.04. The third-order valence-corrected chi connectivity index (χ3v) is 2.02. The molecule has 48 valence electrons. The molecule has 1 rings (SSSR count). The Kier molecular flexibility index (Phi) is 1.54. The van der Waals surface area contributed by atoms with Crippen molar-refractivity contribution in [3.8, 4) is 0 Å². The topological polar surface area (TPSA) is 46.2 Å². The van der Waals surface area contributed by atoms with E-state index < -0.39 is 0 Å². The van der Waals surface area contributed by atoms with Crippen molar-refractivity contribution in [2.45, 2.75) is 31.9 Å². The van der Waals surface area contributed by atoms with Gasteiger partial charge in [-0.25, -0.2) is 0 Å². The first-order valence-corrected chi connectivity index (χ1v) is 3.15. The highest BCUT2D eigenvalue weighted by molar-refractivity contribution is 4.84. The molecule has 0 unspecified atom stereocenters. The molecule has 0 aromatic carbocycles. The Morgan fingerprint density at radius 1 is 1.50 bits per heavy atom. The molecule has 8 heavy (non-hydrogen) atoms. The van der Waals surface area contributed by atoms with Gasteiger partial charge in [-0.05, 0) is 18.8 Å². The van der Waals surface area contributed by atoms with E-state index in [-0.39, 0.29) is 12.1 Å². The first kappa shape index (κ1) is 6.05. The van der Waals surface area contributed by atoms with Crippen LogP contribution in [0.2, 0.25) is 0 Å². The van der Waals surface area contributed by atoms with Crippen LogP contribution in [0.1, 0.15) is 19.8 Å². The van der Waals surface area contributed by atoms with Crippen LogP contribution in [0.5, 0.6) is 0 Å². The van der Waals surface area contributed by atoms with Crippen LogP contribution in [0, 0.1) is 5.92 Å². The monoisotopic (exact) mass is 115 g/mol. The Balaban J connectivity index is 2.44. The Morgan fingerprint density at radius 3 is 2.25 bits per heavy atom. The summed E-state index contributed by atoms with van der Waals surface area (Å²) < 4.78 is 0. The standard InChI is InChI=1S/C6H13NO/c1-4-2-3-5(8)6(4)7/h4-6,8H,2-3,7H2,1H3/t4-,5-,6-/m1/s1. The van der Waals surface area contributed by atoms with Crippen LogP contribution in [0.15, 0.2) is 0 Å². The Morgan fingerprint density at radius 2 is 2.12 bits per heavy atom. The largest absolute Gasteiger partial charge is 0.392 e. The van der Waals surface area contributed by atoms with Crippen LogP contribution in [0.25, 0.3) is 0 Å². The van der Waals surface area contributed by atoms with E-state index in [0.29, 0.717) is 5.92 Å². The van der Waals surface area contributed by atoms with Crippen molar-refractivity contribution >= 4 is 0 Å². The highest BCUT2D eigenvalue weighted by atomic mass is 16.3. The quantitative estimate of drug-likeness (QED) is 0.470. The molecule has 3 atom stereocenters. The molecule has 2 heteroatoms. The van der Waals surface area contributed by atoms with Crippen molar-refractivity contribution in [1.29, 1.82) is 0 Å². The summed E-state index contributed by atoms with van der Waals surface area (Å²) in [4.78, 5) is 0. The molecule has 1 fully saturated rings. The van der Waals surface area contributed by atoms with Gasteiger partial charge in [-0.1, -0.05) is 6.92 Å². The Hall–Kier alpha value is -0.0800. The van der Waals surface area contributed by atoms with E-state index in [0.717, 1.165) is 12.8 Å². The van der Waals surface area contributed by atoms with E-state index in [4.69, 9.17) is 10.8 Å². The van der Waals surface area contributed by atoms with Gasteiger partial charge in [0.1, 0.15) is 0 Å². The zero-order valence-electron chi connectivity index (χ0n) is 5.17. The minimum Gasteiger partial charge on any atom is -0.392 e. The molecule has 0 aromatic heterocycles. The van der Waals surface area contributed by atoms with Crippen molar-refractivity contribution < 1.29 is 5.11 Å². The van der Waals surface area contributed by atoms with Crippen LogP contribution < -0.4 is 5.73 Å². The van der Waals surface area contributed by atoms with Gasteiger partial charge in [0.2, 0.25) is 0 Å². The molecule has 0 amide bonds. The van der Waals surface area contributed by atoms with E-state index in [1.54, 1.807) is 0 Å². The molecular weight excluding hydrogens is 102 g/mol. The van der Waals surface area contributed by atoms with Crippen LogP contribution in [0.4, 0.5) is 0 Å². The lowest BCUT2D eigenvalue weighted by atomic mass is 10.1. The fourth-order valence-corrected chi connectivity index (χ4v) is 1.20. The summed E-state index contributed by atoms with van der Waals surface area (Å²) in [6.07, 6.45) is 1.75. The van der Waals surface area contributed by atoms with E-state index in [2.05, 4.69) is 6.92 Å². The first-order valence-electron chi connectivity index (χ1n) is 3.15. The summed E-state index contributed by atoms with van der Waals surface area (Å²) in [6.45, 7) is 2.08. The van der Waals surface area contributed by atoms with Crippen LogP contribution in [-0.4, -0.2) is 17.3 Å². The fraction of sp³-hybridized carbons (Fsp3) is 1.00. The summed E-state index contributed by atoms with van der Waals surface area (Å²) in [7, 11) is 0. The van der Waals surface area contributed by atoms with Gasteiger partial charge >= 0.3 is 0 Å². The molecule has 0 aliphatic heterocycles.